The summed E-state index contributed by atoms with van der Waals surface area (Å²) in [5, 5.41) is 6.16. The van der Waals surface area contributed by atoms with E-state index in [9.17, 15) is 0 Å². The third-order valence-electron chi connectivity index (χ3n) is 2.50. The van der Waals surface area contributed by atoms with Crippen LogP contribution in [0.25, 0.3) is 0 Å². The molecule has 1 aromatic carbocycles. The van der Waals surface area contributed by atoms with Crippen LogP contribution in [-0.4, -0.2) is 6.61 Å². The maximum Gasteiger partial charge on any atom is 0.137 e. The van der Waals surface area contributed by atoms with Crippen LogP contribution in [0, 0.1) is 0 Å². The van der Waals surface area contributed by atoms with E-state index in [1.165, 1.54) is 10.4 Å². The lowest BCUT2D eigenvalue weighted by Crippen LogP contribution is -2.11. The second-order valence-corrected chi connectivity index (χ2v) is 5.32. The van der Waals surface area contributed by atoms with Gasteiger partial charge in [0, 0.05) is 18.0 Å². The minimum absolute atomic E-state index is 0.635. The number of benzene rings is 1. The van der Waals surface area contributed by atoms with Gasteiger partial charge in [-0.1, -0.05) is 23.7 Å². The van der Waals surface area contributed by atoms with E-state index in [1.807, 2.05) is 25.1 Å². The summed E-state index contributed by atoms with van der Waals surface area (Å²) < 4.78 is 5.40. The smallest absolute Gasteiger partial charge is 0.137 e. The zero-order chi connectivity index (χ0) is 12.8. The van der Waals surface area contributed by atoms with Crippen molar-refractivity contribution in [2.45, 2.75) is 20.0 Å². The number of hydrogen-bond donors (Lipinski definition) is 1. The Labute approximate surface area is 117 Å². The van der Waals surface area contributed by atoms with Crippen LogP contribution in [0.2, 0.25) is 5.02 Å². The summed E-state index contributed by atoms with van der Waals surface area (Å²) in [5.41, 5.74) is 1.17. The van der Waals surface area contributed by atoms with Gasteiger partial charge in [0.25, 0.3) is 0 Å². The van der Waals surface area contributed by atoms with Crippen molar-refractivity contribution in [2.24, 2.45) is 0 Å². The van der Waals surface area contributed by atoms with E-state index in [0.717, 1.165) is 18.8 Å². The summed E-state index contributed by atoms with van der Waals surface area (Å²) >= 11 is 7.90. The Bertz CT molecular complexity index is 485. The molecule has 0 spiro atoms. The van der Waals surface area contributed by atoms with Crippen molar-refractivity contribution in [1.82, 2.24) is 5.32 Å². The molecule has 0 saturated heterocycles. The highest BCUT2D eigenvalue weighted by Gasteiger charge is 2.02. The predicted molar refractivity (Wildman–Crippen MR) is 77.5 cm³/mol. The Kier molecular flexibility index (Phi) is 5.05. The number of rotatable bonds is 6. The van der Waals surface area contributed by atoms with Crippen LogP contribution in [0.15, 0.2) is 35.7 Å². The van der Waals surface area contributed by atoms with E-state index in [-0.39, 0.29) is 0 Å². The molecule has 18 heavy (non-hydrogen) atoms. The highest BCUT2D eigenvalue weighted by Crippen LogP contribution is 2.25. The third kappa shape index (κ3) is 3.73. The van der Waals surface area contributed by atoms with Crippen molar-refractivity contribution in [3.8, 4) is 5.75 Å². The first-order chi connectivity index (χ1) is 8.79. The maximum absolute atomic E-state index is 6.14. The molecule has 0 radical (unpaired) electrons. The zero-order valence-corrected chi connectivity index (χ0v) is 11.9. The number of ether oxygens (including phenoxy) is 1. The second-order valence-electron chi connectivity index (χ2n) is 3.88. The van der Waals surface area contributed by atoms with Crippen molar-refractivity contribution in [3.63, 3.8) is 0 Å². The van der Waals surface area contributed by atoms with E-state index < -0.39 is 0 Å². The summed E-state index contributed by atoms with van der Waals surface area (Å²) in [5.74, 6) is 0.751. The van der Waals surface area contributed by atoms with Crippen LogP contribution < -0.4 is 10.1 Å². The molecule has 0 fully saturated rings. The van der Waals surface area contributed by atoms with Crippen molar-refractivity contribution in [2.75, 3.05) is 6.61 Å². The minimum Gasteiger partial charge on any atom is -0.492 e. The van der Waals surface area contributed by atoms with Gasteiger partial charge in [0.2, 0.25) is 0 Å². The molecule has 4 heteroatoms. The van der Waals surface area contributed by atoms with Crippen LogP contribution in [0.3, 0.4) is 0 Å². The van der Waals surface area contributed by atoms with Crippen LogP contribution in [0.4, 0.5) is 0 Å². The van der Waals surface area contributed by atoms with Gasteiger partial charge in [0.05, 0.1) is 11.6 Å². The van der Waals surface area contributed by atoms with E-state index >= 15 is 0 Å². The van der Waals surface area contributed by atoms with Gasteiger partial charge in [-0.3, -0.25) is 0 Å². The predicted octanol–water partition coefficient (Wildman–Crippen LogP) is 4.09. The molecule has 1 aromatic heterocycles. The van der Waals surface area contributed by atoms with Gasteiger partial charge in [0.15, 0.2) is 0 Å². The van der Waals surface area contributed by atoms with Crippen molar-refractivity contribution < 1.29 is 4.74 Å². The van der Waals surface area contributed by atoms with Crippen LogP contribution in [0.5, 0.6) is 5.75 Å². The molecule has 0 aliphatic carbocycles. The number of halogens is 1. The lowest BCUT2D eigenvalue weighted by molar-refractivity contribution is 0.340. The van der Waals surface area contributed by atoms with Gasteiger partial charge in [0.1, 0.15) is 5.75 Å². The lowest BCUT2D eigenvalue weighted by atomic mass is 10.2. The topological polar surface area (TPSA) is 21.3 Å². The van der Waals surface area contributed by atoms with Gasteiger partial charge in [-0.25, -0.2) is 0 Å². The molecule has 2 aromatic rings. The van der Waals surface area contributed by atoms with Gasteiger partial charge in [-0.15, -0.1) is 11.3 Å². The first-order valence-corrected chi connectivity index (χ1v) is 7.19. The second kappa shape index (κ2) is 6.78. The van der Waals surface area contributed by atoms with E-state index in [0.29, 0.717) is 11.6 Å². The fourth-order valence-electron chi connectivity index (χ4n) is 1.67. The SMILES string of the molecule is CCOc1ccc(CNCc2cccs2)cc1Cl. The molecule has 0 atom stereocenters. The van der Waals surface area contributed by atoms with Gasteiger partial charge in [-0.2, -0.15) is 0 Å². The monoisotopic (exact) mass is 281 g/mol. The van der Waals surface area contributed by atoms with E-state index in [1.54, 1.807) is 11.3 Å². The van der Waals surface area contributed by atoms with E-state index in [2.05, 4.69) is 22.8 Å². The summed E-state index contributed by atoms with van der Waals surface area (Å²) in [6.45, 7) is 4.29. The standard InChI is InChI=1S/C14H16ClNOS/c1-2-17-14-6-5-11(8-13(14)15)9-16-10-12-4-3-7-18-12/h3-8,16H,2,9-10H2,1H3. The number of thiophene rings is 1. The normalized spacial score (nSPS) is 10.6. The summed E-state index contributed by atoms with van der Waals surface area (Å²) in [6.07, 6.45) is 0. The Morgan fingerprint density at radius 2 is 2.17 bits per heavy atom. The largest absolute Gasteiger partial charge is 0.492 e. The molecule has 96 valence electrons. The first kappa shape index (κ1) is 13.4. The Morgan fingerprint density at radius 1 is 1.28 bits per heavy atom. The molecule has 0 unspecified atom stereocenters. The van der Waals surface area contributed by atoms with Gasteiger partial charge >= 0.3 is 0 Å². The maximum atomic E-state index is 6.14. The van der Waals surface area contributed by atoms with Crippen LogP contribution >= 0.6 is 22.9 Å². The number of nitrogens with one attached hydrogen (secondary N) is 1. The Hall–Kier alpha value is -1.03. The average Bonchev–Trinajstić information content (AvgIpc) is 2.86. The fraction of sp³-hybridized carbons (Fsp3) is 0.286. The molecule has 1 heterocycles. The molecule has 2 rings (SSSR count). The zero-order valence-electron chi connectivity index (χ0n) is 10.3. The minimum atomic E-state index is 0.635. The molecular formula is C14H16ClNOS. The highest BCUT2D eigenvalue weighted by molar-refractivity contribution is 7.09. The van der Waals surface area contributed by atoms with Gasteiger partial charge < -0.3 is 10.1 Å². The quantitative estimate of drug-likeness (QED) is 0.861. The molecule has 2 nitrogen and oxygen atoms in total. The van der Waals surface area contributed by atoms with E-state index in [4.69, 9.17) is 16.3 Å². The van der Waals surface area contributed by atoms with Crippen molar-refractivity contribution in [1.29, 1.82) is 0 Å². The van der Waals surface area contributed by atoms with Crippen LogP contribution in [-0.2, 0) is 13.1 Å². The van der Waals surface area contributed by atoms with Crippen LogP contribution in [0.1, 0.15) is 17.4 Å². The van der Waals surface area contributed by atoms with Gasteiger partial charge in [-0.05, 0) is 36.1 Å². The molecular weight excluding hydrogens is 266 g/mol. The first-order valence-electron chi connectivity index (χ1n) is 5.94. The third-order valence-corrected chi connectivity index (χ3v) is 3.68. The Morgan fingerprint density at radius 3 is 2.83 bits per heavy atom. The molecule has 1 N–H and O–H groups in total. The lowest BCUT2D eigenvalue weighted by Gasteiger charge is -2.08. The van der Waals surface area contributed by atoms with Crippen molar-refractivity contribution in [3.05, 3.63) is 51.2 Å². The fourth-order valence-corrected chi connectivity index (χ4v) is 2.60. The molecule has 0 amide bonds. The average molecular weight is 282 g/mol. The Balaban J connectivity index is 1.88. The van der Waals surface area contributed by atoms with Crippen molar-refractivity contribution >= 4 is 22.9 Å². The highest BCUT2D eigenvalue weighted by atomic mass is 35.5. The molecule has 0 aliphatic heterocycles. The summed E-state index contributed by atoms with van der Waals surface area (Å²) in [4.78, 5) is 1.34. The molecule has 0 aliphatic rings. The molecule has 0 bridgehead atoms. The molecule has 0 saturated carbocycles. The number of hydrogen-bond acceptors (Lipinski definition) is 3. The summed E-state index contributed by atoms with van der Waals surface area (Å²) in [6, 6.07) is 10.1. The summed E-state index contributed by atoms with van der Waals surface area (Å²) in [7, 11) is 0.